The van der Waals surface area contributed by atoms with Crippen LogP contribution in [0.3, 0.4) is 0 Å². The fourth-order valence-electron chi connectivity index (χ4n) is 3.32. The van der Waals surface area contributed by atoms with Gasteiger partial charge in [0.05, 0.1) is 27.3 Å². The summed E-state index contributed by atoms with van der Waals surface area (Å²) in [6.07, 6.45) is 0.883. The lowest BCUT2D eigenvalue weighted by molar-refractivity contribution is -0.384. The molecule has 1 aliphatic rings. The summed E-state index contributed by atoms with van der Waals surface area (Å²) < 4.78 is 0. The Morgan fingerprint density at radius 2 is 1.63 bits per heavy atom. The van der Waals surface area contributed by atoms with Gasteiger partial charge >= 0.3 is 11.9 Å². The summed E-state index contributed by atoms with van der Waals surface area (Å²) in [4.78, 5) is 44.1. The van der Waals surface area contributed by atoms with Gasteiger partial charge in [-0.1, -0.05) is 5.16 Å². The molecule has 0 unspecified atom stereocenters. The van der Waals surface area contributed by atoms with Crippen LogP contribution in [-0.4, -0.2) is 38.7 Å². The molecule has 1 aliphatic heterocycles. The third-order valence-corrected chi connectivity index (χ3v) is 4.16. The zero-order valence-electron chi connectivity index (χ0n) is 16.0. The van der Waals surface area contributed by atoms with Crippen LogP contribution in [0.15, 0.2) is 29.4 Å². The summed E-state index contributed by atoms with van der Waals surface area (Å²) >= 11 is 0. The van der Waals surface area contributed by atoms with E-state index >= 15 is 0 Å². The van der Waals surface area contributed by atoms with E-state index < -0.39 is 27.9 Å². The molecule has 2 rings (SSSR count). The van der Waals surface area contributed by atoms with Crippen LogP contribution < -0.4 is 0 Å². The van der Waals surface area contributed by atoms with Crippen molar-refractivity contribution in [2.75, 3.05) is 0 Å². The quantitative estimate of drug-likeness (QED) is 0.450. The van der Waals surface area contributed by atoms with E-state index in [1.807, 2.05) is 27.7 Å². The smallest absolute Gasteiger partial charge is 0.357 e. The van der Waals surface area contributed by atoms with Gasteiger partial charge in [0.2, 0.25) is 0 Å². The van der Waals surface area contributed by atoms with Crippen molar-refractivity contribution in [2.45, 2.75) is 58.5 Å². The lowest BCUT2D eigenvalue weighted by atomic mass is 9.81. The number of benzene rings is 1. The number of nitrogens with zero attached hydrogens (tertiary/aromatic N) is 3. The van der Waals surface area contributed by atoms with E-state index in [-0.39, 0.29) is 11.3 Å². The third-order valence-electron chi connectivity index (χ3n) is 4.16. The molecule has 1 aromatic carbocycles. The second kappa shape index (κ2) is 7.43. The van der Waals surface area contributed by atoms with Crippen molar-refractivity contribution in [3.8, 4) is 0 Å². The van der Waals surface area contributed by atoms with Crippen molar-refractivity contribution in [3.05, 3.63) is 39.9 Å². The number of hydrogen-bond acceptors (Lipinski definition) is 8. The maximum Gasteiger partial charge on any atom is 0.357 e. The standard InChI is InChI=1S/C18H23N3O6/c1-12(22)26-19-14-10-17(2,3)21(18(4,5)11-14)27-16(23)13-6-8-15(9-7-13)20(24)25/h6-9H,10-11H2,1-5H3. The predicted molar refractivity (Wildman–Crippen MR) is 96.9 cm³/mol. The van der Waals surface area contributed by atoms with Gasteiger partial charge in [0.1, 0.15) is 0 Å². The summed E-state index contributed by atoms with van der Waals surface area (Å²) in [6, 6.07) is 5.23. The van der Waals surface area contributed by atoms with Gasteiger partial charge in [0, 0.05) is 31.9 Å². The summed E-state index contributed by atoms with van der Waals surface area (Å²) in [5.74, 6) is -1.10. The van der Waals surface area contributed by atoms with Crippen molar-refractivity contribution in [3.63, 3.8) is 0 Å². The first-order chi connectivity index (χ1) is 12.4. The molecule has 0 aliphatic carbocycles. The maximum atomic E-state index is 12.5. The first-order valence-electron chi connectivity index (χ1n) is 8.43. The average molecular weight is 377 g/mol. The van der Waals surface area contributed by atoms with Gasteiger partial charge in [-0.15, -0.1) is 5.06 Å². The molecular formula is C18H23N3O6. The van der Waals surface area contributed by atoms with Gasteiger partial charge in [0.15, 0.2) is 0 Å². The highest BCUT2D eigenvalue weighted by atomic mass is 16.7. The van der Waals surface area contributed by atoms with Crippen LogP contribution in [0.5, 0.6) is 0 Å². The highest BCUT2D eigenvalue weighted by Gasteiger charge is 2.47. The molecule has 1 aromatic rings. The van der Waals surface area contributed by atoms with Crippen LogP contribution in [0.1, 0.15) is 57.8 Å². The second-order valence-electron chi connectivity index (χ2n) is 7.70. The summed E-state index contributed by atoms with van der Waals surface area (Å²) in [6.45, 7) is 8.84. The Balaban J connectivity index is 2.19. The molecule has 0 saturated carbocycles. The Bertz CT molecular complexity index is 763. The van der Waals surface area contributed by atoms with Crippen molar-refractivity contribution in [1.29, 1.82) is 0 Å². The van der Waals surface area contributed by atoms with Crippen molar-refractivity contribution in [1.82, 2.24) is 5.06 Å². The lowest BCUT2D eigenvalue weighted by Gasteiger charge is -2.50. The minimum absolute atomic E-state index is 0.100. The molecule has 27 heavy (non-hydrogen) atoms. The number of piperidine rings is 1. The Kier molecular flexibility index (Phi) is 5.65. The lowest BCUT2D eigenvalue weighted by Crippen LogP contribution is -2.61. The van der Waals surface area contributed by atoms with E-state index in [9.17, 15) is 19.7 Å². The summed E-state index contributed by atoms with van der Waals surface area (Å²) in [5.41, 5.74) is -0.389. The fraction of sp³-hybridized carbons (Fsp3) is 0.500. The van der Waals surface area contributed by atoms with Crippen molar-refractivity contribution < 1.29 is 24.2 Å². The highest BCUT2D eigenvalue weighted by molar-refractivity contribution is 5.90. The zero-order chi connectivity index (χ0) is 20.4. The minimum atomic E-state index is -0.605. The number of non-ortho nitro benzene ring substituents is 1. The number of nitro benzene ring substituents is 1. The van der Waals surface area contributed by atoms with E-state index in [0.717, 1.165) is 0 Å². The SMILES string of the molecule is CC(=O)ON=C1CC(C)(C)N(OC(=O)c2ccc([N+](=O)[O-])cc2)C(C)(C)C1. The maximum absolute atomic E-state index is 12.5. The Morgan fingerprint density at radius 1 is 1.11 bits per heavy atom. The number of hydrogen-bond donors (Lipinski definition) is 0. The first kappa shape index (κ1) is 20.5. The van der Waals surface area contributed by atoms with Crippen LogP contribution >= 0.6 is 0 Å². The Hall–Kier alpha value is -2.81. The molecule has 0 radical (unpaired) electrons. The fourth-order valence-corrected chi connectivity index (χ4v) is 3.32. The van der Waals surface area contributed by atoms with E-state index in [0.29, 0.717) is 18.6 Å². The topological polar surface area (TPSA) is 111 Å². The first-order valence-corrected chi connectivity index (χ1v) is 8.43. The highest BCUT2D eigenvalue weighted by Crippen LogP contribution is 2.37. The number of oxime groups is 1. The number of hydroxylamine groups is 2. The van der Waals surface area contributed by atoms with Gasteiger partial charge in [-0.2, -0.15) is 0 Å². The molecule has 9 heteroatoms. The molecule has 1 saturated heterocycles. The average Bonchev–Trinajstić information content (AvgIpc) is 2.55. The molecule has 0 amide bonds. The molecule has 0 aromatic heterocycles. The molecule has 9 nitrogen and oxygen atoms in total. The molecule has 0 bridgehead atoms. The number of carbonyl (C=O) groups is 2. The zero-order valence-corrected chi connectivity index (χ0v) is 16.0. The van der Waals surface area contributed by atoms with Crippen molar-refractivity contribution in [2.24, 2.45) is 5.16 Å². The molecule has 1 heterocycles. The molecule has 0 N–H and O–H groups in total. The normalized spacial score (nSPS) is 18.5. The van der Waals surface area contributed by atoms with Gasteiger partial charge in [-0.25, -0.2) is 9.59 Å². The Morgan fingerprint density at radius 3 is 2.07 bits per heavy atom. The van der Waals surface area contributed by atoms with Gasteiger partial charge in [-0.3, -0.25) is 10.1 Å². The third kappa shape index (κ3) is 4.88. The van der Waals surface area contributed by atoms with Crippen LogP contribution in [0, 0.1) is 10.1 Å². The summed E-state index contributed by atoms with van der Waals surface area (Å²) in [7, 11) is 0. The molecular weight excluding hydrogens is 354 g/mol. The molecule has 1 fully saturated rings. The monoisotopic (exact) mass is 377 g/mol. The van der Waals surface area contributed by atoms with Crippen LogP contribution in [0.4, 0.5) is 5.69 Å². The van der Waals surface area contributed by atoms with E-state index in [2.05, 4.69) is 5.16 Å². The number of nitro groups is 1. The Labute approximate surface area is 157 Å². The second-order valence-corrected chi connectivity index (χ2v) is 7.70. The number of carbonyl (C=O) groups excluding carboxylic acids is 2. The predicted octanol–water partition coefficient (Wildman–Crippen LogP) is 3.24. The van der Waals surface area contributed by atoms with Crippen LogP contribution in [0.2, 0.25) is 0 Å². The molecule has 0 spiro atoms. The van der Waals surface area contributed by atoms with Gasteiger partial charge < -0.3 is 9.68 Å². The largest absolute Gasteiger partial charge is 0.363 e. The number of rotatable bonds is 4. The minimum Gasteiger partial charge on any atom is -0.363 e. The van der Waals surface area contributed by atoms with E-state index in [1.165, 1.54) is 31.2 Å². The van der Waals surface area contributed by atoms with Crippen molar-refractivity contribution >= 4 is 23.3 Å². The van der Waals surface area contributed by atoms with Gasteiger partial charge in [0.25, 0.3) is 5.69 Å². The van der Waals surface area contributed by atoms with Crippen LogP contribution in [0.25, 0.3) is 0 Å². The van der Waals surface area contributed by atoms with Gasteiger partial charge in [-0.05, 0) is 39.8 Å². The molecule has 146 valence electrons. The van der Waals surface area contributed by atoms with Crippen LogP contribution in [-0.2, 0) is 14.5 Å². The van der Waals surface area contributed by atoms with E-state index in [1.54, 1.807) is 5.06 Å². The summed E-state index contributed by atoms with van der Waals surface area (Å²) in [5, 5.41) is 16.2. The molecule has 0 atom stereocenters. The van der Waals surface area contributed by atoms with E-state index in [4.69, 9.17) is 9.68 Å².